The second-order valence-electron chi connectivity index (χ2n) is 5.88. The molecule has 112 valence electrons. The van der Waals surface area contributed by atoms with Crippen molar-refractivity contribution in [3.05, 3.63) is 29.6 Å². The molecule has 4 nitrogen and oxygen atoms in total. The van der Waals surface area contributed by atoms with Crippen LogP contribution in [0, 0.1) is 17.3 Å². The first-order valence-electron chi connectivity index (χ1n) is 7.48. The zero-order chi connectivity index (χ0) is 15.1. The third kappa shape index (κ3) is 4.30. The molecule has 0 bridgehead atoms. The quantitative estimate of drug-likeness (QED) is 0.833. The number of aliphatic hydroxyl groups excluding tert-OH is 1. The molecular formula is C17H22N2O2. The molecule has 0 aliphatic heterocycles. The van der Waals surface area contributed by atoms with Crippen LogP contribution >= 0.6 is 0 Å². The summed E-state index contributed by atoms with van der Waals surface area (Å²) in [6.45, 7) is 2.93. The molecule has 1 aliphatic carbocycles. The third-order valence-corrected chi connectivity index (χ3v) is 3.97. The van der Waals surface area contributed by atoms with Gasteiger partial charge < -0.3 is 10.4 Å². The van der Waals surface area contributed by atoms with Crippen molar-refractivity contribution in [2.45, 2.75) is 39.0 Å². The smallest absolute Gasteiger partial charge is 0.271 e. The number of pyridine rings is 1. The molecule has 1 fully saturated rings. The summed E-state index contributed by atoms with van der Waals surface area (Å²) in [4.78, 5) is 16.5. The third-order valence-electron chi connectivity index (χ3n) is 3.97. The summed E-state index contributed by atoms with van der Waals surface area (Å²) < 4.78 is 0. The first-order valence-corrected chi connectivity index (χ1v) is 7.48. The molecule has 0 aromatic carbocycles. The molecule has 4 heteroatoms. The minimum Gasteiger partial charge on any atom is -0.395 e. The molecule has 0 saturated heterocycles. The average molecular weight is 286 g/mol. The van der Waals surface area contributed by atoms with Gasteiger partial charge in [0.1, 0.15) is 5.69 Å². The summed E-state index contributed by atoms with van der Waals surface area (Å²) in [5, 5.41) is 11.8. The van der Waals surface area contributed by atoms with Crippen LogP contribution in [0.1, 0.15) is 55.1 Å². The Morgan fingerprint density at radius 1 is 1.48 bits per heavy atom. The van der Waals surface area contributed by atoms with E-state index in [0.717, 1.165) is 0 Å². The van der Waals surface area contributed by atoms with Gasteiger partial charge in [0.2, 0.25) is 0 Å². The molecule has 1 aliphatic rings. The molecule has 2 N–H and O–H groups in total. The van der Waals surface area contributed by atoms with E-state index in [-0.39, 0.29) is 17.9 Å². The number of nitrogens with one attached hydrogen (secondary N) is 1. The van der Waals surface area contributed by atoms with Crippen molar-refractivity contribution in [1.82, 2.24) is 10.3 Å². The standard InChI is InChI=1S/C17H22N2O2/c1-17(9-3-4-10-17)13-19-16(21)15-14(7-2-5-12-20)8-6-11-18-15/h6,8,11,20H,3-5,9-10,12-13H2,1H3,(H,19,21). The van der Waals surface area contributed by atoms with E-state index in [0.29, 0.717) is 24.2 Å². The molecular weight excluding hydrogens is 264 g/mol. The normalized spacial score (nSPS) is 16.1. The van der Waals surface area contributed by atoms with Gasteiger partial charge in [0, 0.05) is 19.2 Å². The number of amides is 1. The van der Waals surface area contributed by atoms with E-state index in [4.69, 9.17) is 5.11 Å². The highest BCUT2D eigenvalue weighted by Gasteiger charge is 2.29. The van der Waals surface area contributed by atoms with Crippen LogP contribution in [-0.4, -0.2) is 29.1 Å². The van der Waals surface area contributed by atoms with Crippen LogP contribution in [-0.2, 0) is 0 Å². The lowest BCUT2D eigenvalue weighted by atomic mass is 9.89. The van der Waals surface area contributed by atoms with E-state index in [1.165, 1.54) is 25.7 Å². The van der Waals surface area contributed by atoms with Crippen LogP contribution in [0.3, 0.4) is 0 Å². The average Bonchev–Trinajstić information content (AvgIpc) is 2.93. The van der Waals surface area contributed by atoms with Gasteiger partial charge in [0.25, 0.3) is 5.91 Å². The van der Waals surface area contributed by atoms with Crippen molar-refractivity contribution in [2.75, 3.05) is 13.2 Å². The van der Waals surface area contributed by atoms with Crippen molar-refractivity contribution < 1.29 is 9.90 Å². The molecule has 2 rings (SSSR count). The summed E-state index contributed by atoms with van der Waals surface area (Å²) in [6.07, 6.45) is 6.82. The lowest BCUT2D eigenvalue weighted by molar-refractivity contribution is 0.0929. The molecule has 1 saturated carbocycles. The van der Waals surface area contributed by atoms with E-state index in [2.05, 4.69) is 29.1 Å². The van der Waals surface area contributed by atoms with Gasteiger partial charge in [-0.2, -0.15) is 0 Å². The van der Waals surface area contributed by atoms with Gasteiger partial charge in [0.15, 0.2) is 0 Å². The number of aliphatic hydroxyl groups is 1. The van der Waals surface area contributed by atoms with Crippen LogP contribution in [0.25, 0.3) is 0 Å². The van der Waals surface area contributed by atoms with Crippen LogP contribution in [0.4, 0.5) is 0 Å². The van der Waals surface area contributed by atoms with Gasteiger partial charge in [-0.1, -0.05) is 31.6 Å². The number of nitrogens with zero attached hydrogens (tertiary/aromatic N) is 1. The van der Waals surface area contributed by atoms with Crippen LogP contribution in [0.2, 0.25) is 0 Å². The van der Waals surface area contributed by atoms with Crippen LogP contribution in [0.15, 0.2) is 18.3 Å². The van der Waals surface area contributed by atoms with Gasteiger partial charge in [-0.15, -0.1) is 0 Å². The SMILES string of the molecule is CC1(CNC(=O)c2ncccc2C#CCCO)CCCC1. The van der Waals surface area contributed by atoms with Gasteiger partial charge >= 0.3 is 0 Å². The second kappa shape index (κ2) is 7.24. The molecule has 1 amide bonds. The fraction of sp³-hybridized carbons (Fsp3) is 0.529. The largest absolute Gasteiger partial charge is 0.395 e. The Labute approximate surface area is 126 Å². The Bertz CT molecular complexity index is 551. The maximum absolute atomic E-state index is 12.3. The fourth-order valence-corrected chi connectivity index (χ4v) is 2.68. The number of carbonyl (C=O) groups excluding carboxylic acids is 1. The van der Waals surface area contributed by atoms with Crippen molar-refractivity contribution in [3.8, 4) is 11.8 Å². The lowest BCUT2D eigenvalue weighted by Gasteiger charge is -2.23. The topological polar surface area (TPSA) is 62.2 Å². The Hall–Kier alpha value is -1.86. The van der Waals surface area contributed by atoms with E-state index in [1.54, 1.807) is 18.3 Å². The van der Waals surface area contributed by atoms with Crippen molar-refractivity contribution in [2.24, 2.45) is 5.41 Å². The molecule has 0 unspecified atom stereocenters. The minimum atomic E-state index is -0.169. The number of hydrogen-bond acceptors (Lipinski definition) is 3. The molecule has 0 radical (unpaired) electrons. The molecule has 0 atom stereocenters. The minimum absolute atomic E-state index is 0.0210. The predicted molar refractivity (Wildman–Crippen MR) is 81.7 cm³/mol. The van der Waals surface area contributed by atoms with Crippen LogP contribution < -0.4 is 5.32 Å². The second-order valence-corrected chi connectivity index (χ2v) is 5.88. The number of carbonyl (C=O) groups is 1. The van der Waals surface area contributed by atoms with E-state index < -0.39 is 0 Å². The summed E-state index contributed by atoms with van der Waals surface area (Å²) >= 11 is 0. The molecule has 1 aromatic heterocycles. The van der Waals surface area contributed by atoms with E-state index in [9.17, 15) is 4.79 Å². The van der Waals surface area contributed by atoms with E-state index >= 15 is 0 Å². The van der Waals surface area contributed by atoms with Crippen molar-refractivity contribution in [1.29, 1.82) is 0 Å². The van der Waals surface area contributed by atoms with Crippen molar-refractivity contribution in [3.63, 3.8) is 0 Å². The summed E-state index contributed by atoms with van der Waals surface area (Å²) in [5.74, 6) is 5.56. The Balaban J connectivity index is 2.03. The maximum Gasteiger partial charge on any atom is 0.271 e. The number of rotatable bonds is 4. The van der Waals surface area contributed by atoms with Gasteiger partial charge in [-0.3, -0.25) is 4.79 Å². The maximum atomic E-state index is 12.3. The Kier molecular flexibility index (Phi) is 5.35. The first-order chi connectivity index (χ1) is 10.1. The Morgan fingerprint density at radius 2 is 2.24 bits per heavy atom. The van der Waals surface area contributed by atoms with Gasteiger partial charge in [-0.05, 0) is 30.4 Å². The monoisotopic (exact) mass is 286 g/mol. The first kappa shape index (κ1) is 15.5. The highest BCUT2D eigenvalue weighted by Crippen LogP contribution is 2.36. The molecule has 1 aromatic rings. The zero-order valence-electron chi connectivity index (χ0n) is 12.5. The van der Waals surface area contributed by atoms with E-state index in [1.807, 2.05) is 0 Å². The molecule has 0 spiro atoms. The molecule has 21 heavy (non-hydrogen) atoms. The summed E-state index contributed by atoms with van der Waals surface area (Å²) in [7, 11) is 0. The lowest BCUT2D eigenvalue weighted by Crippen LogP contribution is -2.34. The zero-order valence-corrected chi connectivity index (χ0v) is 12.5. The number of aromatic nitrogens is 1. The Morgan fingerprint density at radius 3 is 2.95 bits per heavy atom. The predicted octanol–water partition coefficient (Wildman–Crippen LogP) is 2.13. The molecule has 1 heterocycles. The van der Waals surface area contributed by atoms with Crippen LogP contribution in [0.5, 0.6) is 0 Å². The highest BCUT2D eigenvalue weighted by atomic mass is 16.2. The fourth-order valence-electron chi connectivity index (χ4n) is 2.68. The van der Waals surface area contributed by atoms with Gasteiger partial charge in [-0.25, -0.2) is 4.98 Å². The summed E-state index contributed by atoms with van der Waals surface area (Å²) in [5.41, 5.74) is 1.19. The summed E-state index contributed by atoms with van der Waals surface area (Å²) in [6, 6.07) is 3.54. The van der Waals surface area contributed by atoms with Crippen molar-refractivity contribution >= 4 is 5.91 Å². The van der Waals surface area contributed by atoms with Gasteiger partial charge in [0.05, 0.1) is 12.2 Å². The highest BCUT2D eigenvalue weighted by molar-refractivity contribution is 5.94. The number of hydrogen-bond donors (Lipinski definition) is 2.